The van der Waals surface area contributed by atoms with Crippen molar-refractivity contribution in [1.82, 2.24) is 0 Å². The molecule has 0 aromatic heterocycles. The van der Waals surface area contributed by atoms with Crippen LogP contribution in [-0.2, 0) is 0 Å². The normalized spacial score (nSPS) is 10.4. The molecule has 4 heteroatoms. The van der Waals surface area contributed by atoms with Crippen LogP contribution in [0.5, 0.6) is 11.5 Å². The number of carbonyl (C=O) groups excluding carboxylic acids is 1. The average molecular weight is 339 g/mol. The van der Waals surface area contributed by atoms with Gasteiger partial charge < -0.3 is 14.8 Å². The quantitative estimate of drug-likeness (QED) is 0.694. The number of hydrogen-bond acceptors (Lipinski definition) is 3. The summed E-state index contributed by atoms with van der Waals surface area (Å²) in [6.45, 7) is 11.0. The van der Waals surface area contributed by atoms with E-state index in [0.717, 1.165) is 11.3 Å². The summed E-state index contributed by atoms with van der Waals surface area (Å²) >= 11 is 0. The van der Waals surface area contributed by atoms with Crippen LogP contribution < -0.4 is 14.8 Å². The number of hydrogen-bond donors (Lipinski definition) is 1. The molecule has 0 saturated carbocycles. The molecule has 4 nitrogen and oxygen atoms in total. The molecule has 0 atom stereocenters. The molecular weight excluding hydrogens is 314 g/mol. The Morgan fingerprint density at radius 2 is 1.80 bits per heavy atom. The first-order chi connectivity index (χ1) is 11.9. The summed E-state index contributed by atoms with van der Waals surface area (Å²) in [6.07, 6.45) is 0. The number of benzene rings is 2. The van der Waals surface area contributed by atoms with Crippen LogP contribution in [0, 0.1) is 5.92 Å². The number of rotatable bonds is 8. The summed E-state index contributed by atoms with van der Waals surface area (Å²) in [5.41, 5.74) is 2.22. The first-order valence-electron chi connectivity index (χ1n) is 8.35. The van der Waals surface area contributed by atoms with Gasteiger partial charge in [-0.15, -0.1) is 0 Å². The van der Waals surface area contributed by atoms with Gasteiger partial charge in [0.2, 0.25) is 0 Å². The van der Waals surface area contributed by atoms with E-state index in [1.165, 1.54) is 0 Å². The largest absolute Gasteiger partial charge is 0.493 e. The van der Waals surface area contributed by atoms with Gasteiger partial charge in [0.25, 0.3) is 5.91 Å². The summed E-state index contributed by atoms with van der Waals surface area (Å²) in [5, 5.41) is 2.87. The zero-order valence-corrected chi connectivity index (χ0v) is 15.0. The fraction of sp³-hybridized carbons (Fsp3) is 0.286. The highest BCUT2D eigenvalue weighted by Crippen LogP contribution is 2.19. The molecule has 0 saturated heterocycles. The Hall–Kier alpha value is -2.75. The van der Waals surface area contributed by atoms with Crippen molar-refractivity contribution >= 4 is 11.6 Å². The molecule has 2 rings (SSSR count). The highest BCUT2D eigenvalue weighted by atomic mass is 16.5. The third-order valence-electron chi connectivity index (χ3n) is 3.28. The minimum atomic E-state index is -0.175. The van der Waals surface area contributed by atoms with E-state index in [0.29, 0.717) is 36.1 Å². The maximum absolute atomic E-state index is 12.4. The maximum Gasteiger partial charge on any atom is 0.255 e. The van der Waals surface area contributed by atoms with Crippen molar-refractivity contribution in [3.8, 4) is 11.5 Å². The minimum absolute atomic E-state index is 0.175. The minimum Gasteiger partial charge on any atom is -0.493 e. The van der Waals surface area contributed by atoms with Gasteiger partial charge in [-0.05, 0) is 60.9 Å². The van der Waals surface area contributed by atoms with E-state index < -0.39 is 0 Å². The zero-order chi connectivity index (χ0) is 18.2. The second kappa shape index (κ2) is 8.92. The highest BCUT2D eigenvalue weighted by molar-refractivity contribution is 6.04. The van der Waals surface area contributed by atoms with Crippen LogP contribution in [0.3, 0.4) is 0 Å². The third kappa shape index (κ3) is 6.34. The van der Waals surface area contributed by atoms with Gasteiger partial charge in [-0.25, -0.2) is 0 Å². The Balaban J connectivity index is 1.97. The highest BCUT2D eigenvalue weighted by Gasteiger charge is 2.08. The SMILES string of the molecule is C=C(C)COc1ccc(NC(=O)c2cccc(OCC(C)C)c2)cc1. The molecule has 0 radical (unpaired) electrons. The Kier molecular flexibility index (Phi) is 6.63. The van der Waals surface area contributed by atoms with Gasteiger partial charge >= 0.3 is 0 Å². The summed E-state index contributed by atoms with van der Waals surface area (Å²) in [6, 6.07) is 14.5. The molecule has 2 aromatic carbocycles. The lowest BCUT2D eigenvalue weighted by molar-refractivity contribution is 0.102. The fourth-order valence-corrected chi connectivity index (χ4v) is 2.03. The molecule has 0 fully saturated rings. The maximum atomic E-state index is 12.4. The summed E-state index contributed by atoms with van der Waals surface area (Å²) in [5.74, 6) is 1.70. The lowest BCUT2D eigenvalue weighted by Gasteiger charge is -2.11. The van der Waals surface area contributed by atoms with E-state index in [2.05, 4.69) is 25.7 Å². The Labute approximate surface area is 149 Å². The number of carbonyl (C=O) groups is 1. The molecule has 0 unspecified atom stereocenters. The number of ether oxygens (including phenoxy) is 2. The number of amides is 1. The van der Waals surface area contributed by atoms with Crippen molar-refractivity contribution in [2.45, 2.75) is 20.8 Å². The van der Waals surface area contributed by atoms with E-state index in [1.54, 1.807) is 12.1 Å². The molecule has 1 amide bonds. The van der Waals surface area contributed by atoms with Crippen molar-refractivity contribution in [3.05, 3.63) is 66.2 Å². The number of anilines is 1. The molecule has 0 bridgehead atoms. The second-order valence-electron chi connectivity index (χ2n) is 6.46. The molecule has 0 spiro atoms. The second-order valence-corrected chi connectivity index (χ2v) is 6.46. The van der Waals surface area contributed by atoms with Crippen molar-refractivity contribution in [2.75, 3.05) is 18.5 Å². The predicted octanol–water partition coefficient (Wildman–Crippen LogP) is 4.93. The first-order valence-corrected chi connectivity index (χ1v) is 8.35. The van der Waals surface area contributed by atoms with Crippen LogP contribution >= 0.6 is 0 Å². The van der Waals surface area contributed by atoms with E-state index in [9.17, 15) is 4.79 Å². The molecule has 0 aliphatic carbocycles. The van der Waals surface area contributed by atoms with E-state index >= 15 is 0 Å². The summed E-state index contributed by atoms with van der Waals surface area (Å²) < 4.78 is 11.2. The Bertz CT molecular complexity index is 720. The topological polar surface area (TPSA) is 47.6 Å². The van der Waals surface area contributed by atoms with E-state index in [-0.39, 0.29) is 5.91 Å². The fourth-order valence-electron chi connectivity index (χ4n) is 2.03. The van der Waals surface area contributed by atoms with Gasteiger partial charge in [0.1, 0.15) is 18.1 Å². The van der Waals surface area contributed by atoms with Crippen molar-refractivity contribution in [2.24, 2.45) is 5.92 Å². The molecule has 25 heavy (non-hydrogen) atoms. The van der Waals surface area contributed by atoms with Crippen LogP contribution in [0.25, 0.3) is 0 Å². The van der Waals surface area contributed by atoms with Crippen LogP contribution in [0.15, 0.2) is 60.7 Å². The van der Waals surface area contributed by atoms with Crippen molar-refractivity contribution in [3.63, 3.8) is 0 Å². The third-order valence-corrected chi connectivity index (χ3v) is 3.28. The summed E-state index contributed by atoms with van der Waals surface area (Å²) in [7, 11) is 0. The van der Waals surface area contributed by atoms with Gasteiger partial charge in [0.05, 0.1) is 6.61 Å². The van der Waals surface area contributed by atoms with Crippen molar-refractivity contribution in [1.29, 1.82) is 0 Å². The van der Waals surface area contributed by atoms with Crippen LogP contribution in [0.1, 0.15) is 31.1 Å². The molecule has 132 valence electrons. The molecule has 0 aliphatic heterocycles. The van der Waals surface area contributed by atoms with Gasteiger partial charge in [0.15, 0.2) is 0 Å². The van der Waals surface area contributed by atoms with E-state index in [1.807, 2.05) is 43.3 Å². The Morgan fingerprint density at radius 1 is 1.08 bits per heavy atom. The monoisotopic (exact) mass is 339 g/mol. The first kappa shape index (κ1) is 18.6. The lowest BCUT2D eigenvalue weighted by atomic mass is 10.2. The van der Waals surface area contributed by atoms with Gasteiger partial charge in [-0.3, -0.25) is 4.79 Å². The van der Waals surface area contributed by atoms with E-state index in [4.69, 9.17) is 9.47 Å². The predicted molar refractivity (Wildman–Crippen MR) is 101 cm³/mol. The molecule has 2 aromatic rings. The van der Waals surface area contributed by atoms with Crippen LogP contribution in [-0.4, -0.2) is 19.1 Å². The number of nitrogens with one attached hydrogen (secondary N) is 1. The van der Waals surface area contributed by atoms with Gasteiger partial charge in [0, 0.05) is 11.3 Å². The summed E-state index contributed by atoms with van der Waals surface area (Å²) in [4.78, 5) is 12.4. The van der Waals surface area contributed by atoms with Gasteiger partial charge in [-0.2, -0.15) is 0 Å². The molecule has 0 heterocycles. The van der Waals surface area contributed by atoms with Gasteiger partial charge in [-0.1, -0.05) is 26.5 Å². The van der Waals surface area contributed by atoms with Crippen molar-refractivity contribution < 1.29 is 14.3 Å². The van der Waals surface area contributed by atoms with Crippen LogP contribution in [0.2, 0.25) is 0 Å². The molecular formula is C21H25NO3. The molecule has 0 aliphatic rings. The average Bonchev–Trinajstić information content (AvgIpc) is 2.59. The zero-order valence-electron chi connectivity index (χ0n) is 15.0. The standard InChI is InChI=1S/C21H25NO3/c1-15(2)13-24-19-10-8-18(9-11-19)22-21(23)17-6-5-7-20(12-17)25-14-16(3)4/h5-12,16H,1,13-14H2,2-4H3,(H,22,23). The molecule has 1 N–H and O–H groups in total. The Morgan fingerprint density at radius 3 is 2.44 bits per heavy atom. The van der Waals surface area contributed by atoms with Crippen LogP contribution in [0.4, 0.5) is 5.69 Å². The lowest BCUT2D eigenvalue weighted by Crippen LogP contribution is -2.12. The smallest absolute Gasteiger partial charge is 0.255 e.